The Labute approximate surface area is 124 Å². The Morgan fingerprint density at radius 1 is 1.15 bits per heavy atom. The zero-order valence-electron chi connectivity index (χ0n) is 11.2. The summed E-state index contributed by atoms with van der Waals surface area (Å²) in [6, 6.07) is 8.54. The van der Waals surface area contributed by atoms with Crippen LogP contribution in [-0.2, 0) is 9.59 Å². The van der Waals surface area contributed by atoms with Gasteiger partial charge in [-0.2, -0.15) is 0 Å². The minimum absolute atomic E-state index is 0. The van der Waals surface area contributed by atoms with Gasteiger partial charge >= 0.3 is 0 Å². The quantitative estimate of drug-likeness (QED) is 0.678. The third-order valence-electron chi connectivity index (χ3n) is 3.11. The van der Waals surface area contributed by atoms with Crippen molar-refractivity contribution in [3.8, 4) is 0 Å². The lowest BCUT2D eigenvalue weighted by Gasteiger charge is -2.12. The van der Waals surface area contributed by atoms with Crippen molar-refractivity contribution in [1.82, 2.24) is 10.6 Å². The van der Waals surface area contributed by atoms with Gasteiger partial charge in [-0.15, -0.1) is 12.4 Å². The van der Waals surface area contributed by atoms with Gasteiger partial charge in [-0.3, -0.25) is 9.59 Å². The van der Waals surface area contributed by atoms with Gasteiger partial charge in [0.15, 0.2) is 0 Å². The standard InChI is InChI=1S/C14H19N3O2.ClH/c15-12(10-4-2-1-3-5-10)14(19)17-9-8-16-13(18)11-6-7-11;/h1-5,11-12H,6-9,15H2,(H,16,18)(H,17,19);1H. The van der Waals surface area contributed by atoms with Crippen molar-refractivity contribution in [2.45, 2.75) is 18.9 Å². The smallest absolute Gasteiger partial charge is 0.241 e. The van der Waals surface area contributed by atoms with E-state index in [2.05, 4.69) is 10.6 Å². The highest BCUT2D eigenvalue weighted by atomic mass is 35.5. The van der Waals surface area contributed by atoms with Crippen molar-refractivity contribution < 1.29 is 9.59 Å². The summed E-state index contributed by atoms with van der Waals surface area (Å²) in [6.07, 6.45) is 1.97. The van der Waals surface area contributed by atoms with Crippen molar-refractivity contribution in [2.75, 3.05) is 13.1 Å². The van der Waals surface area contributed by atoms with E-state index < -0.39 is 6.04 Å². The molecule has 1 aliphatic carbocycles. The van der Waals surface area contributed by atoms with Crippen molar-refractivity contribution in [1.29, 1.82) is 0 Å². The molecular formula is C14H20ClN3O2. The normalized spacial score (nSPS) is 14.8. The average molecular weight is 298 g/mol. The molecule has 4 N–H and O–H groups in total. The number of hydrogen-bond acceptors (Lipinski definition) is 3. The molecule has 1 aromatic carbocycles. The van der Waals surface area contributed by atoms with E-state index in [1.807, 2.05) is 30.3 Å². The van der Waals surface area contributed by atoms with Crippen LogP contribution in [-0.4, -0.2) is 24.9 Å². The second-order valence-electron chi connectivity index (χ2n) is 4.74. The van der Waals surface area contributed by atoms with Crippen molar-refractivity contribution in [3.05, 3.63) is 35.9 Å². The first-order chi connectivity index (χ1) is 9.18. The van der Waals surface area contributed by atoms with Gasteiger partial charge in [0.2, 0.25) is 11.8 Å². The molecule has 0 spiro atoms. The molecule has 2 rings (SSSR count). The Balaban J connectivity index is 0.00000200. The summed E-state index contributed by atoms with van der Waals surface area (Å²) >= 11 is 0. The molecule has 1 saturated carbocycles. The molecule has 0 heterocycles. The van der Waals surface area contributed by atoms with Crippen LogP contribution in [0.1, 0.15) is 24.4 Å². The van der Waals surface area contributed by atoms with Crippen molar-refractivity contribution in [3.63, 3.8) is 0 Å². The summed E-state index contributed by atoms with van der Waals surface area (Å²) in [5.41, 5.74) is 6.62. The number of halogens is 1. The van der Waals surface area contributed by atoms with E-state index in [0.717, 1.165) is 18.4 Å². The van der Waals surface area contributed by atoms with E-state index >= 15 is 0 Å². The maximum absolute atomic E-state index is 11.8. The van der Waals surface area contributed by atoms with E-state index in [1.165, 1.54) is 0 Å². The number of amides is 2. The van der Waals surface area contributed by atoms with E-state index in [4.69, 9.17) is 5.73 Å². The number of hydrogen-bond donors (Lipinski definition) is 3. The van der Waals surface area contributed by atoms with Gasteiger partial charge in [-0.05, 0) is 18.4 Å². The van der Waals surface area contributed by atoms with Crippen LogP contribution in [0, 0.1) is 5.92 Å². The number of rotatable bonds is 6. The SMILES string of the molecule is Cl.NC(C(=O)NCCNC(=O)C1CC1)c1ccccc1. The highest BCUT2D eigenvalue weighted by Gasteiger charge is 2.29. The summed E-state index contributed by atoms with van der Waals surface area (Å²) < 4.78 is 0. The van der Waals surface area contributed by atoms with Crippen LogP contribution in [0.4, 0.5) is 0 Å². The number of benzene rings is 1. The van der Waals surface area contributed by atoms with Gasteiger partial charge in [-0.25, -0.2) is 0 Å². The van der Waals surface area contributed by atoms with Crippen molar-refractivity contribution in [2.24, 2.45) is 11.7 Å². The topological polar surface area (TPSA) is 84.2 Å². The maximum atomic E-state index is 11.8. The van der Waals surface area contributed by atoms with E-state index in [-0.39, 0.29) is 30.1 Å². The largest absolute Gasteiger partial charge is 0.354 e. The van der Waals surface area contributed by atoms with Gasteiger partial charge in [0.25, 0.3) is 0 Å². The molecule has 1 fully saturated rings. The average Bonchev–Trinajstić information content (AvgIpc) is 3.27. The lowest BCUT2D eigenvalue weighted by molar-refractivity contribution is -0.124. The van der Waals surface area contributed by atoms with Crippen LogP contribution in [0.25, 0.3) is 0 Å². The number of carbonyl (C=O) groups is 2. The molecule has 0 aromatic heterocycles. The van der Waals surface area contributed by atoms with E-state index in [1.54, 1.807) is 0 Å². The highest BCUT2D eigenvalue weighted by Crippen LogP contribution is 2.28. The molecule has 5 nitrogen and oxygen atoms in total. The molecule has 20 heavy (non-hydrogen) atoms. The van der Waals surface area contributed by atoms with E-state index in [0.29, 0.717) is 13.1 Å². The zero-order chi connectivity index (χ0) is 13.7. The Morgan fingerprint density at radius 2 is 1.75 bits per heavy atom. The van der Waals surface area contributed by atoms with E-state index in [9.17, 15) is 9.59 Å². The lowest BCUT2D eigenvalue weighted by atomic mass is 10.1. The molecule has 1 aromatic rings. The Hall–Kier alpha value is -1.59. The molecule has 6 heteroatoms. The molecule has 0 saturated heterocycles. The molecule has 2 amide bonds. The second-order valence-corrected chi connectivity index (χ2v) is 4.74. The minimum atomic E-state index is -0.666. The van der Waals surface area contributed by atoms with Gasteiger partial charge in [0.05, 0.1) is 0 Å². The Morgan fingerprint density at radius 3 is 2.35 bits per heavy atom. The second kappa shape index (κ2) is 7.87. The first-order valence-electron chi connectivity index (χ1n) is 6.54. The minimum Gasteiger partial charge on any atom is -0.354 e. The molecule has 0 radical (unpaired) electrons. The maximum Gasteiger partial charge on any atom is 0.241 e. The summed E-state index contributed by atoms with van der Waals surface area (Å²) in [6.45, 7) is 0.848. The van der Waals surface area contributed by atoms with Gasteiger partial charge in [0, 0.05) is 19.0 Å². The van der Waals surface area contributed by atoms with Crippen LogP contribution in [0.5, 0.6) is 0 Å². The zero-order valence-corrected chi connectivity index (χ0v) is 12.0. The third kappa shape index (κ3) is 4.83. The molecule has 1 aliphatic rings. The molecule has 0 aliphatic heterocycles. The van der Waals surface area contributed by atoms with Crippen LogP contribution in [0.15, 0.2) is 30.3 Å². The molecule has 1 unspecified atom stereocenters. The van der Waals surface area contributed by atoms with Crippen LogP contribution in [0.3, 0.4) is 0 Å². The molecule has 1 atom stereocenters. The highest BCUT2D eigenvalue weighted by molar-refractivity contribution is 5.85. The Bertz CT molecular complexity index is 449. The lowest BCUT2D eigenvalue weighted by Crippen LogP contribution is -2.39. The fraction of sp³-hybridized carbons (Fsp3) is 0.429. The van der Waals surface area contributed by atoms with Gasteiger partial charge in [0.1, 0.15) is 6.04 Å². The Kier molecular flexibility index (Phi) is 6.48. The van der Waals surface area contributed by atoms with Crippen LogP contribution in [0.2, 0.25) is 0 Å². The first-order valence-corrected chi connectivity index (χ1v) is 6.54. The van der Waals surface area contributed by atoms with Crippen molar-refractivity contribution >= 4 is 24.2 Å². The monoisotopic (exact) mass is 297 g/mol. The number of nitrogens with two attached hydrogens (primary N) is 1. The number of carbonyl (C=O) groups excluding carboxylic acids is 2. The summed E-state index contributed by atoms with van der Waals surface area (Å²) in [7, 11) is 0. The van der Waals surface area contributed by atoms with Crippen LogP contribution < -0.4 is 16.4 Å². The predicted molar refractivity (Wildman–Crippen MR) is 79.4 cm³/mol. The molecule has 0 bridgehead atoms. The first kappa shape index (κ1) is 16.5. The van der Waals surface area contributed by atoms with Crippen LogP contribution >= 0.6 is 12.4 Å². The molecular weight excluding hydrogens is 278 g/mol. The summed E-state index contributed by atoms with van der Waals surface area (Å²) in [5, 5.41) is 5.50. The fourth-order valence-electron chi connectivity index (χ4n) is 1.78. The summed E-state index contributed by atoms with van der Waals surface area (Å²) in [5.74, 6) is 0.0516. The summed E-state index contributed by atoms with van der Waals surface area (Å²) in [4.78, 5) is 23.1. The van der Waals surface area contributed by atoms with Gasteiger partial charge in [-0.1, -0.05) is 30.3 Å². The number of nitrogens with one attached hydrogen (secondary N) is 2. The predicted octanol–water partition coefficient (Wildman–Crippen LogP) is 0.751. The third-order valence-corrected chi connectivity index (χ3v) is 3.11. The fourth-order valence-corrected chi connectivity index (χ4v) is 1.78. The molecule has 110 valence electrons. The van der Waals surface area contributed by atoms with Gasteiger partial charge < -0.3 is 16.4 Å².